The van der Waals surface area contributed by atoms with Gasteiger partial charge in [0.25, 0.3) is 5.56 Å². The van der Waals surface area contributed by atoms with E-state index >= 15 is 0 Å². The molecule has 108 valence electrons. The quantitative estimate of drug-likeness (QED) is 0.534. The molecule has 5 nitrogen and oxygen atoms in total. The van der Waals surface area contributed by atoms with E-state index in [9.17, 15) is 4.79 Å². The van der Waals surface area contributed by atoms with Crippen LogP contribution < -0.4 is 5.56 Å². The molecular weight excluding hydrogens is 296 g/mol. The number of hydrogen-bond donors (Lipinski definition) is 0. The van der Waals surface area contributed by atoms with Crippen molar-refractivity contribution in [1.82, 2.24) is 19.2 Å². The van der Waals surface area contributed by atoms with E-state index < -0.39 is 0 Å². The second-order valence-corrected chi connectivity index (χ2v) is 5.59. The van der Waals surface area contributed by atoms with Crippen molar-refractivity contribution in [1.29, 1.82) is 0 Å². The van der Waals surface area contributed by atoms with Crippen molar-refractivity contribution in [3.05, 3.63) is 65.0 Å². The molecule has 0 amide bonds. The summed E-state index contributed by atoms with van der Waals surface area (Å²) >= 11 is 1.50. The standard InChI is InChI=1S/C16H12N4OS/c1-22-16-18-17-15-19(11-7-3-2-4-8-11)14(21)12-9-5-6-10-13(12)20(15)16/h2-10H,1H3. The highest BCUT2D eigenvalue weighted by atomic mass is 32.2. The van der Waals surface area contributed by atoms with Crippen molar-refractivity contribution in [3.8, 4) is 5.69 Å². The van der Waals surface area contributed by atoms with Gasteiger partial charge in [-0.2, -0.15) is 0 Å². The van der Waals surface area contributed by atoms with Gasteiger partial charge in [-0.3, -0.25) is 9.20 Å². The first-order valence-corrected chi connectivity index (χ1v) is 8.02. The Kier molecular flexibility index (Phi) is 2.97. The lowest BCUT2D eigenvalue weighted by molar-refractivity contribution is 0.933. The van der Waals surface area contributed by atoms with E-state index in [1.165, 1.54) is 11.8 Å². The fourth-order valence-electron chi connectivity index (χ4n) is 2.62. The van der Waals surface area contributed by atoms with Crippen LogP contribution in [-0.2, 0) is 0 Å². The molecule has 0 aliphatic heterocycles. The van der Waals surface area contributed by atoms with E-state index in [0.717, 1.165) is 16.4 Å². The van der Waals surface area contributed by atoms with Crippen LogP contribution in [0.2, 0.25) is 0 Å². The Bertz CT molecular complexity index is 1040. The van der Waals surface area contributed by atoms with Gasteiger partial charge in [-0.15, -0.1) is 10.2 Å². The molecule has 2 aromatic heterocycles. The molecule has 4 rings (SSSR count). The summed E-state index contributed by atoms with van der Waals surface area (Å²) in [5.41, 5.74) is 1.52. The smallest absolute Gasteiger partial charge is 0.267 e. The summed E-state index contributed by atoms with van der Waals surface area (Å²) in [6.45, 7) is 0. The minimum absolute atomic E-state index is 0.0886. The lowest BCUT2D eigenvalue weighted by Gasteiger charge is -2.10. The molecule has 0 atom stereocenters. The van der Waals surface area contributed by atoms with Gasteiger partial charge >= 0.3 is 0 Å². The Morgan fingerprint density at radius 2 is 1.68 bits per heavy atom. The third-order valence-corrected chi connectivity index (χ3v) is 4.22. The number of fused-ring (bicyclic) bond motifs is 3. The molecular formula is C16H12N4OS. The topological polar surface area (TPSA) is 52.2 Å². The average Bonchev–Trinajstić information content (AvgIpc) is 3.00. The first-order valence-electron chi connectivity index (χ1n) is 6.79. The summed E-state index contributed by atoms with van der Waals surface area (Å²) < 4.78 is 3.53. The van der Waals surface area contributed by atoms with Crippen molar-refractivity contribution >= 4 is 28.4 Å². The van der Waals surface area contributed by atoms with Crippen LogP contribution in [0.3, 0.4) is 0 Å². The Balaban J connectivity index is 2.27. The summed E-state index contributed by atoms with van der Waals surface area (Å²) in [6.07, 6.45) is 1.95. The first kappa shape index (κ1) is 13.1. The van der Waals surface area contributed by atoms with Gasteiger partial charge in [-0.25, -0.2) is 4.57 Å². The van der Waals surface area contributed by atoms with E-state index in [1.54, 1.807) is 4.57 Å². The van der Waals surface area contributed by atoms with Gasteiger partial charge in [0.2, 0.25) is 5.78 Å². The van der Waals surface area contributed by atoms with Crippen molar-refractivity contribution in [3.63, 3.8) is 0 Å². The predicted octanol–water partition coefficient (Wildman–Crippen LogP) is 2.76. The fraction of sp³-hybridized carbons (Fsp3) is 0.0625. The second-order valence-electron chi connectivity index (χ2n) is 4.82. The number of benzene rings is 2. The Morgan fingerprint density at radius 3 is 2.45 bits per heavy atom. The largest absolute Gasteiger partial charge is 0.268 e. The zero-order chi connectivity index (χ0) is 15.1. The normalized spacial score (nSPS) is 11.3. The number of hydrogen-bond acceptors (Lipinski definition) is 4. The molecule has 22 heavy (non-hydrogen) atoms. The van der Waals surface area contributed by atoms with Crippen molar-refractivity contribution in [2.75, 3.05) is 6.26 Å². The highest BCUT2D eigenvalue weighted by molar-refractivity contribution is 7.98. The van der Waals surface area contributed by atoms with Gasteiger partial charge in [0.1, 0.15) is 0 Å². The molecule has 0 saturated carbocycles. The zero-order valence-corrected chi connectivity index (χ0v) is 12.6. The summed E-state index contributed by atoms with van der Waals surface area (Å²) in [5.74, 6) is 0.527. The fourth-order valence-corrected chi connectivity index (χ4v) is 3.11. The number of aromatic nitrogens is 4. The minimum atomic E-state index is -0.0886. The third-order valence-electron chi connectivity index (χ3n) is 3.59. The van der Waals surface area contributed by atoms with Gasteiger partial charge in [-0.1, -0.05) is 42.1 Å². The highest BCUT2D eigenvalue weighted by Crippen LogP contribution is 2.21. The van der Waals surface area contributed by atoms with Gasteiger partial charge in [0.15, 0.2) is 5.16 Å². The Morgan fingerprint density at radius 1 is 0.955 bits per heavy atom. The molecule has 0 aliphatic rings. The molecule has 0 spiro atoms. The summed E-state index contributed by atoms with van der Waals surface area (Å²) in [6, 6.07) is 17.0. The van der Waals surface area contributed by atoms with E-state index in [1.807, 2.05) is 65.3 Å². The molecule has 0 aliphatic carbocycles. The van der Waals surface area contributed by atoms with Gasteiger partial charge < -0.3 is 0 Å². The van der Waals surface area contributed by atoms with Crippen LogP contribution in [0.15, 0.2) is 64.5 Å². The van der Waals surface area contributed by atoms with E-state index in [4.69, 9.17) is 0 Å². The summed E-state index contributed by atoms with van der Waals surface area (Å²) in [7, 11) is 0. The molecule has 0 saturated heterocycles. The Hall–Kier alpha value is -2.60. The molecule has 0 bridgehead atoms. The SMILES string of the molecule is CSc1nnc2n(-c3ccccc3)c(=O)c3ccccc3n12. The maximum Gasteiger partial charge on any atom is 0.267 e. The Labute approximate surface area is 130 Å². The molecule has 2 aromatic carbocycles. The van der Waals surface area contributed by atoms with Crippen LogP contribution in [0, 0.1) is 0 Å². The molecule has 4 aromatic rings. The van der Waals surface area contributed by atoms with Crippen LogP contribution in [0.25, 0.3) is 22.4 Å². The zero-order valence-electron chi connectivity index (χ0n) is 11.8. The average molecular weight is 308 g/mol. The first-order chi connectivity index (χ1) is 10.8. The maximum absolute atomic E-state index is 12.9. The number of thioether (sulfide) groups is 1. The minimum Gasteiger partial charge on any atom is -0.268 e. The highest BCUT2D eigenvalue weighted by Gasteiger charge is 2.16. The van der Waals surface area contributed by atoms with Gasteiger partial charge in [0, 0.05) is 0 Å². The van der Waals surface area contributed by atoms with Crippen molar-refractivity contribution in [2.24, 2.45) is 0 Å². The number of rotatable bonds is 2. The van der Waals surface area contributed by atoms with Crippen LogP contribution >= 0.6 is 11.8 Å². The lowest BCUT2D eigenvalue weighted by atomic mass is 10.2. The van der Waals surface area contributed by atoms with Crippen molar-refractivity contribution < 1.29 is 0 Å². The maximum atomic E-state index is 12.9. The van der Waals surface area contributed by atoms with Gasteiger partial charge in [0.05, 0.1) is 16.6 Å². The molecule has 0 N–H and O–H groups in total. The van der Waals surface area contributed by atoms with Crippen LogP contribution in [0.4, 0.5) is 0 Å². The third kappa shape index (κ3) is 1.77. The van der Waals surface area contributed by atoms with Crippen LogP contribution in [0.1, 0.15) is 0 Å². The molecule has 0 fully saturated rings. The monoisotopic (exact) mass is 308 g/mol. The lowest BCUT2D eigenvalue weighted by Crippen LogP contribution is -2.21. The second kappa shape index (κ2) is 4.99. The van der Waals surface area contributed by atoms with Crippen molar-refractivity contribution in [2.45, 2.75) is 5.16 Å². The number of para-hydroxylation sites is 2. The van der Waals surface area contributed by atoms with E-state index in [2.05, 4.69) is 10.2 Å². The molecule has 2 heterocycles. The number of nitrogens with zero attached hydrogens (tertiary/aromatic N) is 4. The predicted molar refractivity (Wildman–Crippen MR) is 87.9 cm³/mol. The summed E-state index contributed by atoms with van der Waals surface area (Å²) in [4.78, 5) is 12.9. The van der Waals surface area contributed by atoms with Gasteiger partial charge in [-0.05, 0) is 30.5 Å². The van der Waals surface area contributed by atoms with Crippen LogP contribution in [-0.4, -0.2) is 25.4 Å². The molecule has 6 heteroatoms. The van der Waals surface area contributed by atoms with Crippen LogP contribution in [0.5, 0.6) is 0 Å². The summed E-state index contributed by atoms with van der Waals surface area (Å²) in [5, 5.41) is 9.85. The van der Waals surface area contributed by atoms with E-state index in [-0.39, 0.29) is 5.56 Å². The molecule has 0 radical (unpaired) electrons. The van der Waals surface area contributed by atoms with E-state index in [0.29, 0.717) is 11.2 Å². The molecule has 0 unspecified atom stereocenters.